The van der Waals surface area contributed by atoms with Gasteiger partial charge in [0.2, 0.25) is 0 Å². The van der Waals surface area contributed by atoms with Crippen LogP contribution in [0.15, 0.2) is 0 Å². The van der Waals surface area contributed by atoms with E-state index in [4.69, 9.17) is 90.0 Å². The molecule has 0 radical (unpaired) electrons. The molecule has 0 rings (SSSR count). The molecule has 12 N–H and O–H groups in total. The average molecular weight is 424 g/mol. The van der Waals surface area contributed by atoms with E-state index in [1.54, 1.807) is 0 Å². The van der Waals surface area contributed by atoms with Crippen molar-refractivity contribution in [3.8, 4) is 0 Å². The van der Waals surface area contributed by atoms with Crippen LogP contribution in [0.1, 0.15) is 0 Å². The van der Waals surface area contributed by atoms with Gasteiger partial charge in [0, 0.05) is 17.4 Å². The van der Waals surface area contributed by atoms with Crippen molar-refractivity contribution in [1.82, 2.24) is 0 Å². The Kier molecular flexibility index (Phi) is 63.3. The van der Waals surface area contributed by atoms with E-state index in [0.717, 1.165) is 0 Å². The van der Waals surface area contributed by atoms with E-state index in [1.807, 2.05) is 0 Å². The van der Waals surface area contributed by atoms with Gasteiger partial charge in [-0.1, -0.05) is 0 Å². The summed E-state index contributed by atoms with van der Waals surface area (Å²) >= 11 is 0. The number of carboxylic acid groups (broad SMARTS) is 12. The van der Waals surface area contributed by atoms with Crippen LogP contribution >= 0.6 is 0 Å². The Morgan fingerprint density at radius 2 is 0.280 bits per heavy atom. The average Bonchev–Trinajstić information content (AvgIpc) is 2.08. The minimum atomic E-state index is -1.83. The number of hydrogen-bond acceptors (Lipinski definition) is 6. The third kappa shape index (κ3) is 449. The monoisotopic (exact) mass is 424 g/mol. The molecule has 0 aliphatic carbocycles. The molecule has 0 spiro atoms. The summed E-state index contributed by atoms with van der Waals surface area (Å²) in [5, 5.41) is 83.7. The molecular formula is C6H12CrO18. The molecule has 0 aromatic carbocycles. The van der Waals surface area contributed by atoms with Crippen LogP contribution in [0, 0.1) is 0 Å². The molecule has 150 valence electrons. The van der Waals surface area contributed by atoms with Gasteiger partial charge in [-0.15, -0.1) is 0 Å². The molecule has 0 aliphatic rings. The largest absolute Gasteiger partial charge is 0.503 e. The molecule has 0 amide bonds. The SMILES string of the molecule is O=C(O)O.O=C(O)O.O=C(O)O.O=C(O)O.O=C(O)O.O=C(O)O.[Cr]. The van der Waals surface area contributed by atoms with Crippen LogP contribution < -0.4 is 0 Å². The first kappa shape index (κ1) is 42.9. The second-order valence-electron chi connectivity index (χ2n) is 1.70. The molecule has 18 nitrogen and oxygen atoms in total. The Labute approximate surface area is 145 Å². The van der Waals surface area contributed by atoms with Crippen LogP contribution in [0.3, 0.4) is 0 Å². The van der Waals surface area contributed by atoms with Crippen molar-refractivity contribution in [1.29, 1.82) is 0 Å². The zero-order valence-electron chi connectivity index (χ0n) is 11.2. The van der Waals surface area contributed by atoms with E-state index in [-0.39, 0.29) is 17.4 Å². The van der Waals surface area contributed by atoms with Gasteiger partial charge >= 0.3 is 36.9 Å². The van der Waals surface area contributed by atoms with Crippen molar-refractivity contribution in [3.05, 3.63) is 0 Å². The Hall–Kier alpha value is -3.85. The maximum absolute atomic E-state index is 8.56. The summed E-state index contributed by atoms with van der Waals surface area (Å²) in [5.41, 5.74) is 0. The number of carbonyl (C=O) groups is 6. The third-order valence-electron chi connectivity index (χ3n) is 0. The summed E-state index contributed by atoms with van der Waals surface area (Å²) in [4.78, 5) is 51.3. The normalized spacial score (nSPS) is 5.76. The van der Waals surface area contributed by atoms with E-state index in [9.17, 15) is 0 Å². The molecule has 0 aliphatic heterocycles. The van der Waals surface area contributed by atoms with Crippen LogP contribution in [-0.4, -0.2) is 98.2 Å². The van der Waals surface area contributed by atoms with Crippen molar-refractivity contribution >= 4 is 36.9 Å². The maximum atomic E-state index is 8.56. The molecule has 25 heavy (non-hydrogen) atoms. The van der Waals surface area contributed by atoms with Crippen LogP contribution in [0.4, 0.5) is 28.8 Å². The Bertz CT molecular complexity index is 257. The first-order valence-corrected chi connectivity index (χ1v) is 3.91. The molecule has 19 heteroatoms. The zero-order valence-corrected chi connectivity index (χ0v) is 12.5. The fourth-order valence-electron chi connectivity index (χ4n) is 0. The van der Waals surface area contributed by atoms with Crippen LogP contribution in [-0.2, 0) is 17.4 Å². The number of hydrogen-bond donors (Lipinski definition) is 12. The molecular weight excluding hydrogens is 412 g/mol. The quantitative estimate of drug-likeness (QED) is 0.260. The van der Waals surface area contributed by atoms with Crippen molar-refractivity contribution in [2.45, 2.75) is 0 Å². The van der Waals surface area contributed by atoms with Crippen LogP contribution in [0.25, 0.3) is 0 Å². The van der Waals surface area contributed by atoms with Gasteiger partial charge in [0.25, 0.3) is 0 Å². The molecule has 0 aromatic rings. The smallest absolute Gasteiger partial charge is 0.450 e. The predicted molar refractivity (Wildman–Crippen MR) is 63.9 cm³/mol. The first-order valence-electron chi connectivity index (χ1n) is 3.91. The summed E-state index contributed by atoms with van der Waals surface area (Å²) in [6.07, 6.45) is -11.0. The maximum Gasteiger partial charge on any atom is 0.503 e. The molecule has 0 atom stereocenters. The topological polar surface area (TPSA) is 345 Å². The van der Waals surface area contributed by atoms with Crippen molar-refractivity contribution in [2.75, 3.05) is 0 Å². The minimum Gasteiger partial charge on any atom is -0.450 e. The van der Waals surface area contributed by atoms with E-state index < -0.39 is 36.9 Å². The Morgan fingerprint density at radius 1 is 0.280 bits per heavy atom. The van der Waals surface area contributed by atoms with Crippen molar-refractivity contribution in [2.24, 2.45) is 0 Å². The Balaban J connectivity index is -0.0000000309. The molecule has 0 heterocycles. The summed E-state index contributed by atoms with van der Waals surface area (Å²) in [7, 11) is 0. The molecule has 0 saturated carbocycles. The van der Waals surface area contributed by atoms with Gasteiger partial charge in [0.05, 0.1) is 0 Å². The minimum absolute atomic E-state index is 0. The summed E-state index contributed by atoms with van der Waals surface area (Å²) in [5.74, 6) is 0. The van der Waals surface area contributed by atoms with Crippen molar-refractivity contribution in [3.63, 3.8) is 0 Å². The second-order valence-corrected chi connectivity index (χ2v) is 1.70. The standard InChI is InChI=1S/6CH2O3.Cr/c6*2-1(3)4;/h6*(H2,2,3,4);. The van der Waals surface area contributed by atoms with Gasteiger partial charge in [-0.05, 0) is 0 Å². The van der Waals surface area contributed by atoms with Gasteiger partial charge in [-0.25, -0.2) is 28.8 Å². The second kappa shape index (κ2) is 36.9. The summed E-state index contributed by atoms with van der Waals surface area (Å²) < 4.78 is 0. The fourth-order valence-corrected chi connectivity index (χ4v) is 0. The van der Waals surface area contributed by atoms with Crippen molar-refractivity contribution < 1.29 is 107 Å². The number of rotatable bonds is 0. The summed E-state index contributed by atoms with van der Waals surface area (Å²) in [6, 6.07) is 0. The molecule has 0 unspecified atom stereocenters. The van der Waals surface area contributed by atoms with Gasteiger partial charge in [-0.2, -0.15) is 0 Å². The van der Waals surface area contributed by atoms with E-state index in [0.29, 0.717) is 0 Å². The molecule has 0 saturated heterocycles. The van der Waals surface area contributed by atoms with Gasteiger partial charge in [-0.3, -0.25) is 0 Å². The van der Waals surface area contributed by atoms with Gasteiger partial charge in [0.1, 0.15) is 0 Å². The van der Waals surface area contributed by atoms with Gasteiger partial charge < -0.3 is 61.3 Å². The Morgan fingerprint density at radius 3 is 0.280 bits per heavy atom. The van der Waals surface area contributed by atoms with Crippen LogP contribution in [0.2, 0.25) is 0 Å². The molecule has 0 aromatic heterocycles. The van der Waals surface area contributed by atoms with Gasteiger partial charge in [0.15, 0.2) is 0 Å². The summed E-state index contributed by atoms with van der Waals surface area (Å²) in [6.45, 7) is 0. The first-order chi connectivity index (χ1) is 10.4. The van der Waals surface area contributed by atoms with Crippen LogP contribution in [0.5, 0.6) is 0 Å². The van der Waals surface area contributed by atoms with E-state index in [1.165, 1.54) is 0 Å². The zero-order chi connectivity index (χ0) is 21.5. The third-order valence-corrected chi connectivity index (χ3v) is 0. The molecule has 0 bridgehead atoms. The van der Waals surface area contributed by atoms with E-state index >= 15 is 0 Å². The van der Waals surface area contributed by atoms with E-state index in [2.05, 4.69) is 0 Å². The fraction of sp³-hybridized carbons (Fsp3) is 0. The molecule has 0 fully saturated rings. The predicted octanol–water partition coefficient (Wildman–Crippen LogP) is 1.33.